The number of amides is 1. The molecule has 2 aliphatic heterocycles. The van der Waals surface area contributed by atoms with Crippen LogP contribution in [0.1, 0.15) is 50.7 Å². The van der Waals surface area contributed by atoms with Crippen LogP contribution in [0.4, 0.5) is 0 Å². The molecule has 36 heavy (non-hydrogen) atoms. The number of ether oxygens (including phenoxy) is 3. The highest BCUT2D eigenvalue weighted by Crippen LogP contribution is 2.63. The van der Waals surface area contributed by atoms with Crippen LogP contribution in [0.3, 0.4) is 0 Å². The van der Waals surface area contributed by atoms with Gasteiger partial charge in [-0.1, -0.05) is 19.9 Å². The molecule has 2 heterocycles. The molecule has 2 aliphatic carbocycles. The molecule has 9 nitrogen and oxygen atoms in total. The van der Waals surface area contributed by atoms with Crippen LogP contribution in [0, 0.1) is 11.8 Å². The Morgan fingerprint density at radius 3 is 2.75 bits per heavy atom. The molecule has 0 saturated carbocycles. The zero-order chi connectivity index (χ0) is 25.8. The molecule has 2 bridgehead atoms. The lowest BCUT2D eigenvalue weighted by Crippen LogP contribution is -2.63. The number of esters is 1. The van der Waals surface area contributed by atoms with Gasteiger partial charge in [-0.15, -0.1) is 0 Å². The highest BCUT2D eigenvalue weighted by atomic mass is 16.6. The summed E-state index contributed by atoms with van der Waals surface area (Å²) in [6, 6.07) is 3.48. The lowest BCUT2D eigenvalue weighted by atomic mass is 9.53. The molecular formula is C27H34N2O7. The molecule has 1 saturated heterocycles. The Balaban J connectivity index is 1.34. The molecule has 1 amide bonds. The van der Waals surface area contributed by atoms with Gasteiger partial charge in [0.25, 0.3) is 0 Å². The van der Waals surface area contributed by atoms with E-state index in [2.05, 4.69) is 23.3 Å². The first-order chi connectivity index (χ1) is 17.2. The number of nitrogens with zero attached hydrogens (tertiary/aromatic N) is 1. The number of carboxylic acid groups (broad SMARTS) is 1. The van der Waals surface area contributed by atoms with Crippen LogP contribution in [-0.2, 0) is 31.0 Å². The Hall–Kier alpha value is -3.07. The molecule has 1 aromatic carbocycles. The molecular weight excluding hydrogens is 464 g/mol. The number of aliphatic carboxylic acids is 1. The smallest absolute Gasteiger partial charge is 0.326 e. The van der Waals surface area contributed by atoms with E-state index in [1.165, 1.54) is 11.1 Å². The van der Waals surface area contributed by atoms with Gasteiger partial charge in [0.2, 0.25) is 5.91 Å². The fraction of sp³-hybridized carbons (Fsp3) is 0.593. The largest absolute Gasteiger partial charge is 0.493 e. The fourth-order valence-electron chi connectivity index (χ4n) is 6.72. The van der Waals surface area contributed by atoms with Crippen LogP contribution in [0.2, 0.25) is 0 Å². The minimum Gasteiger partial charge on any atom is -0.493 e. The first kappa shape index (κ1) is 24.6. The zero-order valence-electron chi connectivity index (χ0n) is 21.2. The minimum absolute atomic E-state index is 0.146. The van der Waals surface area contributed by atoms with E-state index >= 15 is 0 Å². The number of likely N-dealkylation sites (tertiary alicyclic amines) is 1. The van der Waals surface area contributed by atoms with Gasteiger partial charge in [0.1, 0.15) is 11.8 Å². The third-order valence-electron chi connectivity index (χ3n) is 8.46. The number of likely N-dealkylation sites (N-methyl/N-ethyl adjacent to an activating group) is 1. The van der Waals surface area contributed by atoms with Crippen molar-refractivity contribution in [2.45, 2.75) is 69.6 Å². The van der Waals surface area contributed by atoms with E-state index < -0.39 is 30.0 Å². The Morgan fingerprint density at radius 1 is 1.28 bits per heavy atom. The number of benzene rings is 1. The van der Waals surface area contributed by atoms with Gasteiger partial charge in [0.05, 0.1) is 13.5 Å². The number of hydrogen-bond donors (Lipinski definition) is 2. The molecule has 1 fully saturated rings. The van der Waals surface area contributed by atoms with Crippen molar-refractivity contribution in [3.63, 3.8) is 0 Å². The number of hydrogen-bond acceptors (Lipinski definition) is 7. The first-order valence-corrected chi connectivity index (χ1v) is 12.7. The molecule has 4 aliphatic rings. The van der Waals surface area contributed by atoms with Gasteiger partial charge in [0, 0.05) is 23.4 Å². The van der Waals surface area contributed by atoms with E-state index in [9.17, 15) is 19.5 Å². The van der Waals surface area contributed by atoms with Gasteiger partial charge in [-0.3, -0.25) is 9.59 Å². The van der Waals surface area contributed by atoms with Crippen LogP contribution in [0.15, 0.2) is 24.0 Å². The summed E-state index contributed by atoms with van der Waals surface area (Å²) in [4.78, 5) is 38.9. The van der Waals surface area contributed by atoms with E-state index in [0.717, 1.165) is 31.6 Å². The summed E-state index contributed by atoms with van der Waals surface area (Å²) < 4.78 is 18.0. The van der Waals surface area contributed by atoms with Crippen LogP contribution < -0.4 is 14.8 Å². The van der Waals surface area contributed by atoms with Crippen molar-refractivity contribution in [3.8, 4) is 11.5 Å². The Bertz CT molecular complexity index is 1130. The second kappa shape index (κ2) is 9.10. The number of carbonyl (C=O) groups is 3. The van der Waals surface area contributed by atoms with Gasteiger partial charge in [-0.25, -0.2) is 4.79 Å². The number of carboxylic acids is 1. The average molecular weight is 499 g/mol. The van der Waals surface area contributed by atoms with E-state index in [1.807, 2.05) is 12.1 Å². The van der Waals surface area contributed by atoms with Gasteiger partial charge >= 0.3 is 11.9 Å². The van der Waals surface area contributed by atoms with Crippen LogP contribution >= 0.6 is 0 Å². The predicted octanol–water partition coefficient (Wildman–Crippen LogP) is 2.41. The second-order valence-electron chi connectivity index (χ2n) is 10.7. The highest BCUT2D eigenvalue weighted by molar-refractivity contribution is 5.86. The van der Waals surface area contributed by atoms with E-state index in [-0.39, 0.29) is 24.2 Å². The average Bonchev–Trinajstić information content (AvgIpc) is 3.19. The predicted molar refractivity (Wildman–Crippen MR) is 130 cm³/mol. The molecule has 0 aromatic heterocycles. The summed E-state index contributed by atoms with van der Waals surface area (Å²) >= 11 is 0. The second-order valence-corrected chi connectivity index (χ2v) is 10.7. The SMILES string of the molecule is COc1ccc2c3c1O[C@H]1C(OC(=O)CCC(=O)NC(C(=O)O)C(C)C)=CCC4C(C2)N(C)CC[C@@]341. The summed E-state index contributed by atoms with van der Waals surface area (Å²) in [5, 5.41) is 11.8. The number of nitrogens with one attached hydrogen (secondary N) is 1. The maximum atomic E-state index is 12.8. The Kier molecular flexibility index (Phi) is 6.22. The van der Waals surface area contributed by atoms with Gasteiger partial charge in [0.15, 0.2) is 17.6 Å². The van der Waals surface area contributed by atoms with Crippen LogP contribution in [0.25, 0.3) is 0 Å². The number of allylic oxidation sites excluding steroid dienone is 1. The number of rotatable bonds is 8. The van der Waals surface area contributed by atoms with Crippen molar-refractivity contribution in [1.82, 2.24) is 10.2 Å². The molecule has 3 unspecified atom stereocenters. The lowest BCUT2D eigenvalue weighted by molar-refractivity contribution is -0.145. The topological polar surface area (TPSA) is 114 Å². The Morgan fingerprint density at radius 2 is 2.06 bits per heavy atom. The van der Waals surface area contributed by atoms with Crippen molar-refractivity contribution >= 4 is 17.8 Å². The molecule has 5 rings (SSSR count). The zero-order valence-corrected chi connectivity index (χ0v) is 21.2. The maximum absolute atomic E-state index is 12.8. The van der Waals surface area contributed by atoms with Crippen LogP contribution in [-0.4, -0.2) is 66.7 Å². The van der Waals surface area contributed by atoms with Crippen molar-refractivity contribution in [3.05, 3.63) is 35.1 Å². The molecule has 0 radical (unpaired) electrons. The number of methoxy groups -OCH3 is 1. The van der Waals surface area contributed by atoms with E-state index in [4.69, 9.17) is 14.2 Å². The molecule has 9 heteroatoms. The Labute approximate surface area is 210 Å². The van der Waals surface area contributed by atoms with E-state index in [1.54, 1.807) is 21.0 Å². The maximum Gasteiger partial charge on any atom is 0.326 e. The lowest BCUT2D eigenvalue weighted by Gasteiger charge is -2.56. The summed E-state index contributed by atoms with van der Waals surface area (Å²) in [5.74, 6) is -0.105. The van der Waals surface area contributed by atoms with E-state index in [0.29, 0.717) is 23.5 Å². The third kappa shape index (κ3) is 3.75. The number of piperidine rings is 1. The summed E-state index contributed by atoms with van der Waals surface area (Å²) in [6.45, 7) is 4.36. The number of carbonyl (C=O) groups excluding carboxylic acids is 2. The summed E-state index contributed by atoms with van der Waals surface area (Å²) in [5.41, 5.74) is 2.20. The summed E-state index contributed by atoms with van der Waals surface area (Å²) in [7, 11) is 3.81. The molecule has 5 atom stereocenters. The van der Waals surface area contributed by atoms with Crippen molar-refractivity contribution in [2.75, 3.05) is 20.7 Å². The molecule has 194 valence electrons. The van der Waals surface area contributed by atoms with Gasteiger partial charge in [-0.05, 0) is 62.4 Å². The quantitative estimate of drug-likeness (QED) is 0.526. The van der Waals surface area contributed by atoms with Crippen LogP contribution in [0.5, 0.6) is 11.5 Å². The fourth-order valence-corrected chi connectivity index (χ4v) is 6.72. The minimum atomic E-state index is -1.10. The highest BCUT2D eigenvalue weighted by Gasteiger charge is 2.64. The molecule has 1 aromatic rings. The normalized spacial score (nSPS) is 28.5. The van der Waals surface area contributed by atoms with Gasteiger partial charge in [-0.2, -0.15) is 0 Å². The van der Waals surface area contributed by atoms with Crippen molar-refractivity contribution in [2.24, 2.45) is 11.8 Å². The monoisotopic (exact) mass is 498 g/mol. The summed E-state index contributed by atoms with van der Waals surface area (Å²) in [6.07, 6.45) is 3.88. The standard InChI is InChI=1S/C27H34N2O7/c1-14(2)23(26(32)33)28-20(30)9-10-21(31)35-19-8-6-16-17-13-15-5-7-18(34-4)24-22(15)27(16,25(19)36-24)11-12-29(17)3/h5,7-8,14,16-17,23,25H,6,9-13H2,1-4H3,(H,28,30)(H,32,33)/t16?,17?,23?,25-,27-/m0/s1. The van der Waals surface area contributed by atoms with Crippen molar-refractivity contribution in [1.29, 1.82) is 0 Å². The van der Waals surface area contributed by atoms with Gasteiger partial charge < -0.3 is 29.5 Å². The molecule has 1 spiro atoms. The first-order valence-electron chi connectivity index (χ1n) is 12.7. The molecule has 2 N–H and O–H groups in total. The van der Waals surface area contributed by atoms with Crippen molar-refractivity contribution < 1.29 is 33.7 Å². The third-order valence-corrected chi connectivity index (χ3v) is 8.46.